The van der Waals surface area contributed by atoms with Gasteiger partial charge in [-0.2, -0.15) is 0 Å². The third kappa shape index (κ3) is 1.49. The fourth-order valence-corrected chi connectivity index (χ4v) is 2.01. The monoisotopic (exact) mass is 220 g/mol. The second-order valence-electron chi connectivity index (χ2n) is 3.61. The molecular weight excluding hydrogens is 212 g/mol. The van der Waals surface area contributed by atoms with Gasteiger partial charge in [-0.15, -0.1) is 0 Å². The summed E-state index contributed by atoms with van der Waals surface area (Å²) in [5, 5.41) is 7.88. The van der Waals surface area contributed by atoms with Gasteiger partial charge in [-0.3, -0.25) is 0 Å². The minimum Gasteiger partial charge on any atom is -0.381 e. The lowest BCUT2D eigenvalue weighted by atomic mass is 10.1. The Balaban J connectivity index is 2.10. The molecule has 0 saturated heterocycles. The predicted octanol–water partition coefficient (Wildman–Crippen LogP) is 2.84. The van der Waals surface area contributed by atoms with Gasteiger partial charge in [0.05, 0.1) is 6.20 Å². The van der Waals surface area contributed by atoms with Crippen LogP contribution in [0, 0.1) is 0 Å². The number of rotatable bonds is 0. The van der Waals surface area contributed by atoms with Gasteiger partial charge in [0.25, 0.3) is 0 Å². The van der Waals surface area contributed by atoms with Crippen molar-refractivity contribution in [1.82, 2.24) is 5.16 Å². The molecule has 1 aromatic carbocycles. The third-order valence-electron chi connectivity index (χ3n) is 2.62. The zero-order valence-electron chi connectivity index (χ0n) is 7.96. The van der Waals surface area contributed by atoms with Gasteiger partial charge in [0.2, 0.25) is 0 Å². The van der Waals surface area contributed by atoms with Crippen molar-refractivity contribution in [2.24, 2.45) is 0 Å². The van der Waals surface area contributed by atoms with E-state index < -0.39 is 0 Å². The molecule has 0 amide bonds. The zero-order valence-corrected chi connectivity index (χ0v) is 8.71. The maximum Gasteiger partial charge on any atom is 0.146 e. The Morgan fingerprint density at radius 1 is 1.33 bits per heavy atom. The molecule has 0 saturated carbocycles. The number of halogens is 1. The van der Waals surface area contributed by atoms with E-state index in [-0.39, 0.29) is 0 Å². The van der Waals surface area contributed by atoms with E-state index in [1.165, 1.54) is 0 Å². The van der Waals surface area contributed by atoms with Crippen LogP contribution in [0.3, 0.4) is 0 Å². The highest BCUT2D eigenvalue weighted by Crippen LogP contribution is 2.28. The van der Waals surface area contributed by atoms with Gasteiger partial charge in [0.15, 0.2) is 0 Å². The summed E-state index contributed by atoms with van der Waals surface area (Å²) in [4.78, 5) is 0. The quantitative estimate of drug-likeness (QED) is 0.742. The minimum atomic E-state index is 0.748. The van der Waals surface area contributed by atoms with Crippen LogP contribution in [0.15, 0.2) is 28.9 Å². The number of nitrogens with zero attached hydrogens (tertiary/aromatic N) is 1. The van der Waals surface area contributed by atoms with Gasteiger partial charge >= 0.3 is 0 Å². The minimum absolute atomic E-state index is 0.748. The van der Waals surface area contributed by atoms with E-state index in [4.69, 9.17) is 16.1 Å². The number of hydrogen-bond acceptors (Lipinski definition) is 3. The Labute approximate surface area is 92.0 Å². The number of fused-ring (bicyclic) bond motifs is 2. The number of anilines is 1. The van der Waals surface area contributed by atoms with E-state index in [1.807, 2.05) is 18.2 Å². The summed E-state index contributed by atoms with van der Waals surface area (Å²) in [6.07, 6.45) is 2.51. The molecule has 0 spiro atoms. The molecule has 1 aromatic heterocycles. The smallest absolute Gasteiger partial charge is 0.146 e. The fraction of sp³-hybridized carbons (Fsp3) is 0.182. The maximum absolute atomic E-state index is 5.96. The van der Waals surface area contributed by atoms with Gasteiger partial charge in [-0.05, 0) is 23.8 Å². The van der Waals surface area contributed by atoms with E-state index in [0.29, 0.717) is 0 Å². The van der Waals surface area contributed by atoms with Gasteiger partial charge in [0.1, 0.15) is 5.76 Å². The molecule has 1 aliphatic rings. The van der Waals surface area contributed by atoms with Crippen LogP contribution in [0.25, 0.3) is 0 Å². The second kappa shape index (κ2) is 3.28. The van der Waals surface area contributed by atoms with Crippen molar-refractivity contribution >= 4 is 17.3 Å². The van der Waals surface area contributed by atoms with Crippen LogP contribution in [-0.4, -0.2) is 5.16 Å². The zero-order chi connectivity index (χ0) is 10.3. The van der Waals surface area contributed by atoms with Gasteiger partial charge < -0.3 is 9.84 Å². The Kier molecular flexibility index (Phi) is 1.92. The van der Waals surface area contributed by atoms with Crippen LogP contribution in [0.2, 0.25) is 5.02 Å². The van der Waals surface area contributed by atoms with Crippen molar-refractivity contribution in [2.45, 2.75) is 13.0 Å². The molecule has 0 radical (unpaired) electrons. The molecule has 2 aromatic rings. The van der Waals surface area contributed by atoms with E-state index in [9.17, 15) is 0 Å². The van der Waals surface area contributed by atoms with Crippen LogP contribution in [0.5, 0.6) is 0 Å². The molecule has 0 atom stereocenters. The Morgan fingerprint density at radius 3 is 3.20 bits per heavy atom. The fourth-order valence-electron chi connectivity index (χ4n) is 1.82. The molecule has 2 heterocycles. The summed E-state index contributed by atoms with van der Waals surface area (Å²) in [6.45, 7) is 0.757. The summed E-state index contributed by atoms with van der Waals surface area (Å²) in [5.41, 5.74) is 3.38. The number of benzene rings is 1. The highest BCUT2D eigenvalue weighted by Gasteiger charge is 2.16. The lowest BCUT2D eigenvalue weighted by molar-refractivity contribution is 0.388. The molecule has 1 aliphatic heterocycles. The topological polar surface area (TPSA) is 38.1 Å². The Bertz CT molecular complexity index is 507. The molecule has 3 nitrogen and oxygen atoms in total. The van der Waals surface area contributed by atoms with Gasteiger partial charge in [0, 0.05) is 29.2 Å². The number of hydrogen-bond donors (Lipinski definition) is 1. The largest absolute Gasteiger partial charge is 0.381 e. The molecule has 15 heavy (non-hydrogen) atoms. The Morgan fingerprint density at radius 2 is 2.27 bits per heavy atom. The lowest BCUT2D eigenvalue weighted by Crippen LogP contribution is -1.97. The molecule has 4 heteroatoms. The molecule has 3 rings (SSSR count). The summed E-state index contributed by atoms with van der Waals surface area (Å²) < 4.78 is 5.20. The van der Waals surface area contributed by atoms with Crippen molar-refractivity contribution in [1.29, 1.82) is 0 Å². The predicted molar refractivity (Wildman–Crippen MR) is 58.1 cm³/mol. The van der Waals surface area contributed by atoms with E-state index >= 15 is 0 Å². The second-order valence-corrected chi connectivity index (χ2v) is 4.04. The summed E-state index contributed by atoms with van der Waals surface area (Å²) in [6, 6.07) is 5.84. The summed E-state index contributed by atoms with van der Waals surface area (Å²) in [5.74, 6) is 0.920. The van der Waals surface area contributed by atoms with E-state index in [0.717, 1.165) is 40.6 Å². The molecule has 0 bridgehead atoms. The average Bonchev–Trinajstić information content (AvgIpc) is 2.58. The molecule has 76 valence electrons. The van der Waals surface area contributed by atoms with Crippen molar-refractivity contribution in [2.75, 3.05) is 5.32 Å². The first-order valence-electron chi connectivity index (χ1n) is 4.77. The van der Waals surface area contributed by atoms with Crippen LogP contribution in [-0.2, 0) is 13.0 Å². The molecule has 0 fully saturated rings. The van der Waals surface area contributed by atoms with Crippen LogP contribution in [0.1, 0.15) is 16.9 Å². The molecule has 0 aliphatic carbocycles. The first kappa shape index (κ1) is 8.80. The summed E-state index contributed by atoms with van der Waals surface area (Å²) in [7, 11) is 0. The summed E-state index contributed by atoms with van der Waals surface area (Å²) >= 11 is 5.96. The lowest BCUT2D eigenvalue weighted by Gasteiger charge is -2.06. The van der Waals surface area contributed by atoms with Crippen LogP contribution >= 0.6 is 11.6 Å². The standard InChI is InChI=1S/C11H9ClN2O/c12-9-1-2-10-7(3-9)4-11-8(5-13-10)6-14-15-11/h1-3,6,13H,4-5H2. The SMILES string of the molecule is Clc1ccc2c(c1)Cc1oncc1CN2. The first-order valence-corrected chi connectivity index (χ1v) is 5.15. The first-order chi connectivity index (χ1) is 7.33. The average molecular weight is 221 g/mol. The van der Waals surface area contributed by atoms with Crippen molar-refractivity contribution in [3.8, 4) is 0 Å². The highest BCUT2D eigenvalue weighted by atomic mass is 35.5. The van der Waals surface area contributed by atoms with Crippen LogP contribution in [0.4, 0.5) is 5.69 Å². The highest BCUT2D eigenvalue weighted by molar-refractivity contribution is 6.30. The van der Waals surface area contributed by atoms with Crippen LogP contribution < -0.4 is 5.32 Å². The normalized spacial score (nSPS) is 13.7. The number of nitrogens with one attached hydrogen (secondary N) is 1. The van der Waals surface area contributed by atoms with Crippen molar-refractivity contribution in [3.63, 3.8) is 0 Å². The molecule has 0 unspecified atom stereocenters. The van der Waals surface area contributed by atoms with Crippen molar-refractivity contribution < 1.29 is 4.52 Å². The van der Waals surface area contributed by atoms with Crippen molar-refractivity contribution in [3.05, 3.63) is 46.3 Å². The molecule has 1 N–H and O–H groups in total. The molecular formula is C11H9ClN2O. The number of aromatic nitrogens is 1. The Hall–Kier alpha value is -1.48. The van der Waals surface area contributed by atoms with E-state index in [2.05, 4.69) is 10.5 Å². The van der Waals surface area contributed by atoms with E-state index in [1.54, 1.807) is 6.20 Å². The van der Waals surface area contributed by atoms with Gasteiger partial charge in [-0.25, -0.2) is 0 Å². The van der Waals surface area contributed by atoms with Gasteiger partial charge in [-0.1, -0.05) is 16.8 Å². The third-order valence-corrected chi connectivity index (χ3v) is 2.85. The maximum atomic E-state index is 5.96.